The lowest BCUT2D eigenvalue weighted by molar-refractivity contribution is 0.632. The Balaban J connectivity index is 1.82. The van der Waals surface area contributed by atoms with Crippen molar-refractivity contribution in [2.75, 3.05) is 18.8 Å². The van der Waals surface area contributed by atoms with Crippen molar-refractivity contribution >= 4 is 10.8 Å². The van der Waals surface area contributed by atoms with E-state index in [1.54, 1.807) is 6.20 Å². The quantitative estimate of drug-likeness (QED) is 0.827. The first-order chi connectivity index (χ1) is 7.34. The Morgan fingerprint density at radius 2 is 2.47 bits per heavy atom. The highest BCUT2D eigenvalue weighted by Crippen LogP contribution is 2.11. The predicted octanol–water partition coefficient (Wildman–Crippen LogP) is 0.940. The third kappa shape index (κ3) is 3.39. The first-order valence-corrected chi connectivity index (χ1v) is 6.79. The zero-order valence-electron chi connectivity index (χ0n) is 8.69. The van der Waals surface area contributed by atoms with Crippen LogP contribution in [0.3, 0.4) is 0 Å². The van der Waals surface area contributed by atoms with Crippen LogP contribution in [-0.4, -0.2) is 28.0 Å². The van der Waals surface area contributed by atoms with Gasteiger partial charge in [-0.25, -0.2) is 0 Å². The minimum Gasteiger partial charge on any atom is -0.316 e. The van der Waals surface area contributed by atoms with Gasteiger partial charge in [0.15, 0.2) is 0 Å². The van der Waals surface area contributed by atoms with Crippen molar-refractivity contribution in [1.82, 2.24) is 10.3 Å². The van der Waals surface area contributed by atoms with Crippen molar-refractivity contribution in [2.24, 2.45) is 5.92 Å². The minimum atomic E-state index is -0.763. The van der Waals surface area contributed by atoms with Gasteiger partial charge in [-0.05, 0) is 37.6 Å². The topological polar surface area (TPSA) is 42.0 Å². The predicted molar refractivity (Wildman–Crippen MR) is 61.9 cm³/mol. The summed E-state index contributed by atoms with van der Waals surface area (Å²) >= 11 is 0. The average Bonchev–Trinajstić information content (AvgIpc) is 2.71. The number of rotatable bonds is 4. The largest absolute Gasteiger partial charge is 0.316 e. The molecule has 0 amide bonds. The van der Waals surface area contributed by atoms with Gasteiger partial charge in [0, 0.05) is 22.7 Å². The van der Waals surface area contributed by atoms with Gasteiger partial charge in [0.1, 0.15) is 0 Å². The van der Waals surface area contributed by atoms with Gasteiger partial charge < -0.3 is 5.32 Å². The van der Waals surface area contributed by atoms with Crippen molar-refractivity contribution < 1.29 is 4.21 Å². The van der Waals surface area contributed by atoms with Crippen LogP contribution in [0.5, 0.6) is 0 Å². The van der Waals surface area contributed by atoms with E-state index in [4.69, 9.17) is 0 Å². The molecule has 1 aliphatic heterocycles. The van der Waals surface area contributed by atoms with Gasteiger partial charge in [0.25, 0.3) is 0 Å². The fourth-order valence-electron chi connectivity index (χ4n) is 1.83. The van der Waals surface area contributed by atoms with E-state index in [0.717, 1.165) is 31.0 Å². The number of hydrogen-bond acceptors (Lipinski definition) is 3. The minimum absolute atomic E-state index is 0.592. The summed E-state index contributed by atoms with van der Waals surface area (Å²) in [6, 6.07) is 5.76. The molecule has 1 N–H and O–H groups in total. The lowest BCUT2D eigenvalue weighted by Gasteiger charge is -2.07. The van der Waals surface area contributed by atoms with Gasteiger partial charge in [-0.3, -0.25) is 9.19 Å². The molecule has 1 saturated heterocycles. The summed E-state index contributed by atoms with van der Waals surface area (Å²) in [6.45, 7) is 2.10. The van der Waals surface area contributed by atoms with Crippen molar-refractivity contribution in [3.05, 3.63) is 30.1 Å². The Hall–Kier alpha value is -0.740. The average molecular weight is 224 g/mol. The highest BCUT2D eigenvalue weighted by atomic mass is 32.2. The molecule has 2 rings (SSSR count). The first kappa shape index (κ1) is 10.8. The van der Waals surface area contributed by atoms with Crippen molar-refractivity contribution in [3.8, 4) is 0 Å². The van der Waals surface area contributed by atoms with E-state index < -0.39 is 10.8 Å². The Morgan fingerprint density at radius 3 is 3.13 bits per heavy atom. The molecular formula is C11H16N2OS. The van der Waals surface area contributed by atoms with Crippen LogP contribution in [0.2, 0.25) is 0 Å². The fraction of sp³-hybridized carbons (Fsp3) is 0.545. The van der Waals surface area contributed by atoms with Gasteiger partial charge in [0.05, 0.1) is 11.4 Å². The van der Waals surface area contributed by atoms with E-state index in [1.165, 1.54) is 0 Å². The summed E-state index contributed by atoms with van der Waals surface area (Å²) in [5.74, 6) is 2.00. The molecule has 3 nitrogen and oxygen atoms in total. The Labute approximate surface area is 92.8 Å². The second-order valence-electron chi connectivity index (χ2n) is 3.93. The molecule has 2 atom stereocenters. The van der Waals surface area contributed by atoms with E-state index in [0.29, 0.717) is 11.7 Å². The van der Waals surface area contributed by atoms with Gasteiger partial charge in [-0.15, -0.1) is 0 Å². The molecule has 1 fully saturated rings. The normalized spacial score (nSPS) is 22.8. The molecular weight excluding hydrogens is 208 g/mol. The van der Waals surface area contributed by atoms with E-state index in [-0.39, 0.29) is 0 Å². The monoisotopic (exact) mass is 224 g/mol. The first-order valence-electron chi connectivity index (χ1n) is 5.30. The number of pyridine rings is 1. The molecule has 0 unspecified atom stereocenters. The smallest absolute Gasteiger partial charge is 0.0658 e. The van der Waals surface area contributed by atoms with E-state index >= 15 is 0 Å². The van der Waals surface area contributed by atoms with Crippen LogP contribution in [-0.2, 0) is 16.6 Å². The molecule has 0 aromatic carbocycles. The number of aromatic nitrogens is 1. The zero-order valence-corrected chi connectivity index (χ0v) is 9.50. The number of hydrogen-bond donors (Lipinski definition) is 1. The summed E-state index contributed by atoms with van der Waals surface area (Å²) in [6.07, 6.45) is 2.91. The summed E-state index contributed by atoms with van der Waals surface area (Å²) in [7, 11) is -0.763. The maximum atomic E-state index is 11.8. The maximum absolute atomic E-state index is 11.8. The SMILES string of the molecule is O=[S@](Cc1ccccn1)C[C@H]1CCNC1. The van der Waals surface area contributed by atoms with Crippen LogP contribution in [0.4, 0.5) is 0 Å². The second kappa shape index (κ2) is 5.37. The van der Waals surface area contributed by atoms with Crippen LogP contribution >= 0.6 is 0 Å². The van der Waals surface area contributed by atoms with Crippen molar-refractivity contribution in [2.45, 2.75) is 12.2 Å². The molecule has 0 aliphatic carbocycles. The molecule has 0 radical (unpaired) electrons. The van der Waals surface area contributed by atoms with Crippen LogP contribution < -0.4 is 5.32 Å². The third-order valence-electron chi connectivity index (χ3n) is 2.62. The van der Waals surface area contributed by atoms with Crippen LogP contribution in [0.1, 0.15) is 12.1 Å². The zero-order chi connectivity index (χ0) is 10.5. The van der Waals surface area contributed by atoms with Crippen molar-refractivity contribution in [1.29, 1.82) is 0 Å². The third-order valence-corrected chi connectivity index (χ3v) is 4.08. The molecule has 4 heteroatoms. The summed E-state index contributed by atoms with van der Waals surface area (Å²) in [4.78, 5) is 4.18. The summed E-state index contributed by atoms with van der Waals surface area (Å²) in [5.41, 5.74) is 0.932. The molecule has 1 aromatic rings. The highest BCUT2D eigenvalue weighted by Gasteiger charge is 2.17. The molecule has 1 aliphatic rings. The van der Waals surface area contributed by atoms with Gasteiger partial charge in [0.2, 0.25) is 0 Å². The van der Waals surface area contributed by atoms with Gasteiger partial charge in [-0.2, -0.15) is 0 Å². The number of nitrogens with zero attached hydrogens (tertiary/aromatic N) is 1. The van der Waals surface area contributed by atoms with Crippen molar-refractivity contribution in [3.63, 3.8) is 0 Å². The molecule has 0 spiro atoms. The summed E-state index contributed by atoms with van der Waals surface area (Å²) in [5, 5.41) is 3.29. The molecule has 0 bridgehead atoms. The Morgan fingerprint density at radius 1 is 1.53 bits per heavy atom. The molecule has 0 saturated carbocycles. The standard InChI is InChI=1S/C11H16N2OS/c14-15(8-10-4-6-12-7-10)9-11-3-1-2-5-13-11/h1-3,5,10,12H,4,6-9H2/t10-,15-/m0/s1. The second-order valence-corrected chi connectivity index (χ2v) is 5.43. The van der Waals surface area contributed by atoms with E-state index in [9.17, 15) is 4.21 Å². The Bertz CT molecular complexity index is 323. The van der Waals surface area contributed by atoms with Gasteiger partial charge in [-0.1, -0.05) is 6.07 Å². The fourth-order valence-corrected chi connectivity index (χ4v) is 3.26. The highest BCUT2D eigenvalue weighted by molar-refractivity contribution is 7.84. The van der Waals surface area contributed by atoms with E-state index in [1.807, 2.05) is 18.2 Å². The summed E-state index contributed by atoms with van der Waals surface area (Å²) < 4.78 is 11.8. The molecule has 82 valence electrons. The van der Waals surface area contributed by atoms with Crippen LogP contribution in [0, 0.1) is 5.92 Å². The Kier molecular flexibility index (Phi) is 3.86. The lowest BCUT2D eigenvalue weighted by atomic mass is 10.2. The molecule has 1 aromatic heterocycles. The molecule has 2 heterocycles. The maximum Gasteiger partial charge on any atom is 0.0658 e. The van der Waals surface area contributed by atoms with Gasteiger partial charge >= 0.3 is 0 Å². The van der Waals surface area contributed by atoms with Crippen LogP contribution in [0.15, 0.2) is 24.4 Å². The lowest BCUT2D eigenvalue weighted by Crippen LogP contribution is -2.16. The molecule has 15 heavy (non-hydrogen) atoms. The van der Waals surface area contributed by atoms with Crippen LogP contribution in [0.25, 0.3) is 0 Å². The van der Waals surface area contributed by atoms with E-state index in [2.05, 4.69) is 10.3 Å². The number of nitrogens with one attached hydrogen (secondary N) is 1.